The summed E-state index contributed by atoms with van der Waals surface area (Å²) in [5, 5.41) is 0.924. The fourth-order valence-corrected chi connectivity index (χ4v) is 1.45. The van der Waals surface area contributed by atoms with Crippen LogP contribution in [0.1, 0.15) is 50.4 Å². The van der Waals surface area contributed by atoms with Gasteiger partial charge in [0.25, 0.3) is 0 Å². The summed E-state index contributed by atoms with van der Waals surface area (Å²) in [5.41, 5.74) is 0.646. The van der Waals surface area contributed by atoms with Crippen LogP contribution >= 0.6 is 23.2 Å². The van der Waals surface area contributed by atoms with Crippen molar-refractivity contribution in [2.24, 2.45) is 0 Å². The van der Waals surface area contributed by atoms with Crippen molar-refractivity contribution >= 4 is 29.0 Å². The minimum absolute atomic E-state index is 0.130. The molecule has 1 nitrogen and oxygen atoms in total. The number of Topliss-reactive ketones (excluding diaryl/α,β-unsaturated/α-hetero) is 1. The van der Waals surface area contributed by atoms with Crippen LogP contribution < -0.4 is 0 Å². The van der Waals surface area contributed by atoms with E-state index >= 15 is 0 Å². The number of benzene rings is 1. The molecule has 90 valence electrons. The van der Waals surface area contributed by atoms with E-state index in [1.54, 1.807) is 18.2 Å². The topological polar surface area (TPSA) is 17.1 Å². The molecule has 0 heterocycles. The number of ketones is 1. The molecule has 0 saturated carbocycles. The molecule has 16 heavy (non-hydrogen) atoms. The molecule has 0 aliphatic heterocycles. The second-order valence-corrected chi connectivity index (χ2v) is 3.97. The first kappa shape index (κ1) is 15.5. The lowest BCUT2D eigenvalue weighted by Crippen LogP contribution is -1.98. The number of halogens is 2. The standard InChI is InChI=1S/C11H12Cl2O.C2H6/c1-2-3-4-11(14)8-5-6-9(12)10(13)7-8;1-2/h5-7H,2-4H2,1H3;1-2H3. The molecule has 1 rings (SSSR count). The van der Waals surface area contributed by atoms with Gasteiger partial charge in [-0.05, 0) is 24.6 Å². The highest BCUT2D eigenvalue weighted by molar-refractivity contribution is 6.42. The minimum Gasteiger partial charge on any atom is -0.294 e. The Balaban J connectivity index is 0.00000106. The molecule has 0 aliphatic rings. The number of hydrogen-bond donors (Lipinski definition) is 0. The predicted molar refractivity (Wildman–Crippen MR) is 71.7 cm³/mol. The molecule has 0 aliphatic carbocycles. The molecule has 0 N–H and O–H groups in total. The number of carbonyl (C=O) groups excluding carboxylic acids is 1. The van der Waals surface area contributed by atoms with Crippen molar-refractivity contribution < 1.29 is 4.79 Å². The minimum atomic E-state index is 0.130. The van der Waals surface area contributed by atoms with Crippen LogP contribution in [0.4, 0.5) is 0 Å². The third kappa shape index (κ3) is 5.00. The van der Waals surface area contributed by atoms with Crippen molar-refractivity contribution in [3.05, 3.63) is 33.8 Å². The van der Waals surface area contributed by atoms with E-state index in [4.69, 9.17) is 23.2 Å². The zero-order chi connectivity index (χ0) is 12.6. The van der Waals surface area contributed by atoms with Crippen LogP contribution in [0.25, 0.3) is 0 Å². The van der Waals surface area contributed by atoms with E-state index in [1.807, 2.05) is 13.8 Å². The lowest BCUT2D eigenvalue weighted by molar-refractivity contribution is 0.0980. The fourth-order valence-electron chi connectivity index (χ4n) is 1.15. The van der Waals surface area contributed by atoms with Crippen LogP contribution in [0, 0.1) is 0 Å². The predicted octanol–water partition coefficient (Wildman–Crippen LogP) is 5.39. The van der Waals surface area contributed by atoms with E-state index in [2.05, 4.69) is 6.92 Å². The highest BCUT2D eigenvalue weighted by atomic mass is 35.5. The molecule has 0 spiro atoms. The van der Waals surface area contributed by atoms with Gasteiger partial charge in [-0.2, -0.15) is 0 Å². The molecule has 0 saturated heterocycles. The summed E-state index contributed by atoms with van der Waals surface area (Å²) >= 11 is 11.6. The van der Waals surface area contributed by atoms with E-state index in [0.717, 1.165) is 12.8 Å². The quantitative estimate of drug-likeness (QED) is 0.664. The molecule has 0 unspecified atom stereocenters. The van der Waals surface area contributed by atoms with Gasteiger partial charge < -0.3 is 0 Å². The van der Waals surface area contributed by atoms with Gasteiger partial charge in [-0.3, -0.25) is 4.79 Å². The number of carbonyl (C=O) groups is 1. The van der Waals surface area contributed by atoms with Gasteiger partial charge in [0.05, 0.1) is 10.0 Å². The normalized spacial score (nSPS) is 9.31. The van der Waals surface area contributed by atoms with Gasteiger partial charge in [0.15, 0.2) is 5.78 Å². The molecule has 0 amide bonds. The van der Waals surface area contributed by atoms with Crippen LogP contribution in [0.5, 0.6) is 0 Å². The number of unbranched alkanes of at least 4 members (excludes halogenated alkanes) is 1. The molecule has 0 radical (unpaired) electrons. The van der Waals surface area contributed by atoms with Crippen molar-refractivity contribution in [2.75, 3.05) is 0 Å². The Morgan fingerprint density at radius 1 is 1.19 bits per heavy atom. The number of hydrogen-bond acceptors (Lipinski definition) is 1. The Kier molecular flexibility index (Phi) is 8.32. The summed E-state index contributed by atoms with van der Waals surface area (Å²) < 4.78 is 0. The fraction of sp³-hybridized carbons (Fsp3) is 0.462. The van der Waals surface area contributed by atoms with Crippen molar-refractivity contribution in [1.82, 2.24) is 0 Å². The Labute approximate surface area is 108 Å². The molecule has 1 aromatic rings. The lowest BCUT2D eigenvalue weighted by atomic mass is 10.1. The van der Waals surface area contributed by atoms with E-state index in [-0.39, 0.29) is 5.78 Å². The molecule has 0 bridgehead atoms. The summed E-state index contributed by atoms with van der Waals surface area (Å²) in [6, 6.07) is 5.00. The summed E-state index contributed by atoms with van der Waals surface area (Å²) in [6.07, 6.45) is 2.51. The maximum Gasteiger partial charge on any atom is 0.162 e. The summed E-state index contributed by atoms with van der Waals surface area (Å²) in [5.74, 6) is 0.130. The van der Waals surface area contributed by atoms with Crippen LogP contribution in [0.15, 0.2) is 18.2 Å². The van der Waals surface area contributed by atoms with Gasteiger partial charge in [-0.25, -0.2) is 0 Å². The molecule has 3 heteroatoms. The van der Waals surface area contributed by atoms with Crippen LogP contribution in [0.3, 0.4) is 0 Å². The summed E-state index contributed by atoms with van der Waals surface area (Å²) in [4.78, 5) is 11.6. The van der Waals surface area contributed by atoms with E-state index in [9.17, 15) is 4.79 Å². The molecular formula is C13H18Cl2O. The first-order valence-electron chi connectivity index (χ1n) is 5.63. The van der Waals surface area contributed by atoms with Crippen LogP contribution in [-0.2, 0) is 0 Å². The first-order chi connectivity index (χ1) is 7.65. The molecule has 0 fully saturated rings. The van der Waals surface area contributed by atoms with Gasteiger partial charge in [0.2, 0.25) is 0 Å². The van der Waals surface area contributed by atoms with Crippen LogP contribution in [0.2, 0.25) is 10.0 Å². The molecule has 1 aromatic carbocycles. The van der Waals surface area contributed by atoms with E-state index in [0.29, 0.717) is 22.0 Å². The summed E-state index contributed by atoms with van der Waals surface area (Å²) in [6.45, 7) is 6.06. The monoisotopic (exact) mass is 260 g/mol. The Morgan fingerprint density at radius 2 is 1.81 bits per heavy atom. The largest absolute Gasteiger partial charge is 0.294 e. The number of rotatable bonds is 4. The summed E-state index contributed by atoms with van der Waals surface area (Å²) in [7, 11) is 0. The van der Waals surface area contributed by atoms with Gasteiger partial charge >= 0.3 is 0 Å². The van der Waals surface area contributed by atoms with E-state index < -0.39 is 0 Å². The maximum atomic E-state index is 11.6. The smallest absolute Gasteiger partial charge is 0.162 e. The van der Waals surface area contributed by atoms with Gasteiger partial charge in [0.1, 0.15) is 0 Å². The van der Waals surface area contributed by atoms with Gasteiger partial charge in [0, 0.05) is 12.0 Å². The van der Waals surface area contributed by atoms with Crippen molar-refractivity contribution in [3.63, 3.8) is 0 Å². The van der Waals surface area contributed by atoms with E-state index in [1.165, 1.54) is 0 Å². The third-order valence-corrected chi connectivity index (χ3v) is 2.74. The highest BCUT2D eigenvalue weighted by Gasteiger charge is 2.07. The highest BCUT2D eigenvalue weighted by Crippen LogP contribution is 2.23. The average Bonchev–Trinajstić information content (AvgIpc) is 2.32. The SMILES string of the molecule is CC.CCCCC(=O)c1ccc(Cl)c(Cl)c1. The maximum absolute atomic E-state index is 11.6. The van der Waals surface area contributed by atoms with Crippen molar-refractivity contribution in [1.29, 1.82) is 0 Å². The molecular weight excluding hydrogens is 243 g/mol. The molecule has 0 atom stereocenters. The average molecular weight is 261 g/mol. The third-order valence-electron chi connectivity index (χ3n) is 2.00. The van der Waals surface area contributed by atoms with Crippen molar-refractivity contribution in [2.45, 2.75) is 40.0 Å². The Morgan fingerprint density at radius 3 is 2.31 bits per heavy atom. The molecule has 0 aromatic heterocycles. The van der Waals surface area contributed by atoms with Crippen LogP contribution in [-0.4, -0.2) is 5.78 Å². The van der Waals surface area contributed by atoms with Crippen molar-refractivity contribution in [3.8, 4) is 0 Å². The van der Waals surface area contributed by atoms with Gasteiger partial charge in [-0.1, -0.05) is 50.4 Å². The zero-order valence-electron chi connectivity index (χ0n) is 10.0. The lowest BCUT2D eigenvalue weighted by Gasteiger charge is -2.01. The zero-order valence-corrected chi connectivity index (χ0v) is 11.5. The van der Waals surface area contributed by atoms with Gasteiger partial charge in [-0.15, -0.1) is 0 Å². The Bertz CT molecular complexity index is 335. The second-order valence-electron chi connectivity index (χ2n) is 3.16. The Hall–Kier alpha value is -0.530. The first-order valence-corrected chi connectivity index (χ1v) is 6.39. The second kappa shape index (κ2) is 8.60.